The lowest BCUT2D eigenvalue weighted by Gasteiger charge is -2.53. The molecule has 9 heteroatoms. The Morgan fingerprint density at radius 2 is 2.10 bits per heavy atom. The molecular formula is C22H33N5O4. The lowest BCUT2D eigenvalue weighted by atomic mass is 9.60. The van der Waals surface area contributed by atoms with Crippen molar-refractivity contribution in [3.63, 3.8) is 0 Å². The van der Waals surface area contributed by atoms with Crippen molar-refractivity contribution < 1.29 is 19.4 Å². The first-order valence-electron chi connectivity index (χ1n) is 11.2. The fourth-order valence-corrected chi connectivity index (χ4v) is 5.54. The lowest BCUT2D eigenvalue weighted by Crippen LogP contribution is -2.61. The number of carbonyl (C=O) groups is 2. The Balaban J connectivity index is 1.51. The van der Waals surface area contributed by atoms with Gasteiger partial charge in [-0.1, -0.05) is 6.07 Å². The summed E-state index contributed by atoms with van der Waals surface area (Å²) in [6, 6.07) is 4.11. The number of nitrogens with zero attached hydrogens (tertiary/aromatic N) is 3. The number of pyridine rings is 1. The number of carbonyl (C=O) groups excluding carboxylic acids is 2. The van der Waals surface area contributed by atoms with Crippen molar-refractivity contribution in [2.24, 2.45) is 11.3 Å². The number of amides is 2. The molecular weight excluding hydrogens is 398 g/mol. The summed E-state index contributed by atoms with van der Waals surface area (Å²) in [6.07, 6.45) is 4.99. The number of nitrogens with one attached hydrogen (secondary N) is 1. The van der Waals surface area contributed by atoms with E-state index in [1.165, 1.54) is 0 Å². The molecule has 3 heterocycles. The van der Waals surface area contributed by atoms with Crippen molar-refractivity contribution in [1.82, 2.24) is 20.1 Å². The first kappa shape index (κ1) is 22.0. The van der Waals surface area contributed by atoms with Crippen LogP contribution in [0, 0.1) is 11.3 Å². The second-order valence-electron chi connectivity index (χ2n) is 8.92. The number of piperidine rings is 1. The van der Waals surface area contributed by atoms with E-state index >= 15 is 0 Å². The summed E-state index contributed by atoms with van der Waals surface area (Å²) < 4.78 is 5.50. The zero-order valence-electron chi connectivity index (χ0n) is 18.0. The Morgan fingerprint density at radius 1 is 1.29 bits per heavy atom. The first-order valence-corrected chi connectivity index (χ1v) is 11.2. The Morgan fingerprint density at radius 3 is 2.84 bits per heavy atom. The maximum Gasteiger partial charge on any atom is 0.248 e. The maximum atomic E-state index is 13.6. The van der Waals surface area contributed by atoms with Gasteiger partial charge >= 0.3 is 0 Å². The van der Waals surface area contributed by atoms with E-state index in [1.807, 2.05) is 6.07 Å². The van der Waals surface area contributed by atoms with Gasteiger partial charge in [0.2, 0.25) is 11.8 Å². The third-order valence-electron chi connectivity index (χ3n) is 7.35. The normalized spacial score (nSPS) is 29.3. The van der Waals surface area contributed by atoms with Gasteiger partial charge in [-0.25, -0.2) is 4.98 Å². The number of aromatic nitrogens is 1. The van der Waals surface area contributed by atoms with E-state index in [0.717, 1.165) is 57.6 Å². The molecule has 2 amide bonds. The number of hydrogen-bond acceptors (Lipinski definition) is 7. The summed E-state index contributed by atoms with van der Waals surface area (Å²) >= 11 is 0. The van der Waals surface area contributed by atoms with Gasteiger partial charge in [0, 0.05) is 50.5 Å². The largest absolute Gasteiger partial charge is 0.387 e. The zero-order chi connectivity index (χ0) is 21.8. The van der Waals surface area contributed by atoms with E-state index in [1.54, 1.807) is 17.2 Å². The smallest absolute Gasteiger partial charge is 0.248 e. The predicted octanol–water partition coefficient (Wildman–Crippen LogP) is -0.00810. The molecule has 0 aromatic carbocycles. The van der Waals surface area contributed by atoms with Crippen LogP contribution in [-0.2, 0) is 20.9 Å². The predicted molar refractivity (Wildman–Crippen MR) is 115 cm³/mol. The van der Waals surface area contributed by atoms with E-state index in [-0.39, 0.29) is 17.7 Å². The van der Waals surface area contributed by atoms with Gasteiger partial charge in [0.15, 0.2) is 0 Å². The third kappa shape index (κ3) is 4.53. The van der Waals surface area contributed by atoms with Crippen molar-refractivity contribution in [1.29, 1.82) is 0 Å². The van der Waals surface area contributed by atoms with Crippen LogP contribution in [0.15, 0.2) is 18.3 Å². The van der Waals surface area contributed by atoms with Crippen LogP contribution in [0.2, 0.25) is 0 Å². The second kappa shape index (κ2) is 9.50. The minimum absolute atomic E-state index is 0.0309. The summed E-state index contributed by atoms with van der Waals surface area (Å²) in [6.45, 7) is 4.14. The molecule has 2 aliphatic heterocycles. The highest BCUT2D eigenvalue weighted by Crippen LogP contribution is 2.48. The summed E-state index contributed by atoms with van der Waals surface area (Å²) in [5.41, 5.74) is 6.08. The van der Waals surface area contributed by atoms with E-state index in [0.29, 0.717) is 31.5 Å². The van der Waals surface area contributed by atoms with Crippen LogP contribution in [-0.4, -0.2) is 83.7 Å². The van der Waals surface area contributed by atoms with Crippen LogP contribution < -0.4 is 11.1 Å². The summed E-state index contributed by atoms with van der Waals surface area (Å²) in [5, 5.41) is 12.4. The topological polar surface area (TPSA) is 121 Å². The van der Waals surface area contributed by atoms with Crippen molar-refractivity contribution in [2.45, 2.75) is 38.3 Å². The molecule has 1 aromatic heterocycles. The number of fused-ring (bicyclic) bond motifs is 1. The number of ether oxygens (including phenoxy) is 1. The van der Waals surface area contributed by atoms with Crippen molar-refractivity contribution in [3.8, 4) is 0 Å². The van der Waals surface area contributed by atoms with Crippen LogP contribution in [0.3, 0.4) is 0 Å². The van der Waals surface area contributed by atoms with E-state index in [4.69, 9.17) is 10.5 Å². The average Bonchev–Trinajstić information content (AvgIpc) is 2.82. The maximum absolute atomic E-state index is 13.6. The molecule has 0 bridgehead atoms. The molecule has 2 saturated heterocycles. The molecule has 4 N–H and O–H groups in total. The molecule has 1 aromatic rings. The molecule has 3 fully saturated rings. The fourth-order valence-electron chi connectivity index (χ4n) is 5.54. The van der Waals surface area contributed by atoms with Gasteiger partial charge in [-0.2, -0.15) is 0 Å². The Labute approximate surface area is 182 Å². The molecule has 1 saturated carbocycles. The van der Waals surface area contributed by atoms with Crippen LogP contribution in [0.25, 0.3) is 0 Å². The number of rotatable bonds is 5. The van der Waals surface area contributed by atoms with Gasteiger partial charge in [0.25, 0.3) is 0 Å². The third-order valence-corrected chi connectivity index (χ3v) is 7.35. The number of morpholine rings is 1. The van der Waals surface area contributed by atoms with E-state index in [9.17, 15) is 14.7 Å². The van der Waals surface area contributed by atoms with Gasteiger partial charge in [-0.15, -0.1) is 0 Å². The number of nitrogens with two attached hydrogens (primary N) is 1. The molecule has 0 unspecified atom stereocenters. The summed E-state index contributed by atoms with van der Waals surface area (Å²) in [4.78, 5) is 34.0. The molecule has 3 atom stereocenters. The molecule has 31 heavy (non-hydrogen) atoms. The molecule has 3 aliphatic rings. The molecule has 4 rings (SSSR count). The molecule has 0 radical (unpaired) electrons. The molecule has 1 aliphatic carbocycles. The number of aliphatic hydroxyl groups is 1. The number of nitrogen functional groups attached to an aromatic ring is 1. The Hall–Kier alpha value is -2.23. The average molecular weight is 432 g/mol. The van der Waals surface area contributed by atoms with E-state index < -0.39 is 12.0 Å². The van der Waals surface area contributed by atoms with E-state index in [2.05, 4.69) is 15.2 Å². The van der Waals surface area contributed by atoms with Crippen molar-refractivity contribution >= 4 is 17.6 Å². The summed E-state index contributed by atoms with van der Waals surface area (Å²) in [7, 11) is 0. The number of likely N-dealkylation sites (tertiary alicyclic amines) is 1. The lowest BCUT2D eigenvalue weighted by molar-refractivity contribution is -0.152. The molecule has 0 spiro atoms. The van der Waals surface area contributed by atoms with Crippen molar-refractivity contribution in [2.75, 3.05) is 51.7 Å². The number of anilines is 1. The summed E-state index contributed by atoms with van der Waals surface area (Å²) in [5.74, 6) is 0.269. The van der Waals surface area contributed by atoms with Crippen LogP contribution in [0.5, 0.6) is 0 Å². The van der Waals surface area contributed by atoms with Gasteiger partial charge in [0.05, 0.1) is 18.6 Å². The number of hydrogen-bond donors (Lipinski definition) is 3. The van der Waals surface area contributed by atoms with Gasteiger partial charge in [0.1, 0.15) is 12.4 Å². The van der Waals surface area contributed by atoms with Crippen LogP contribution in [0.4, 0.5) is 5.82 Å². The highest BCUT2D eigenvalue weighted by Gasteiger charge is 2.53. The second-order valence-corrected chi connectivity index (χ2v) is 8.92. The zero-order valence-corrected chi connectivity index (χ0v) is 18.0. The number of aliphatic hydroxyl groups excluding tert-OH is 1. The quantitative estimate of drug-likeness (QED) is 0.600. The first-order chi connectivity index (χ1) is 15.0. The Kier molecular flexibility index (Phi) is 6.74. The Bertz CT molecular complexity index is 800. The molecule has 9 nitrogen and oxygen atoms in total. The minimum atomic E-state index is -0.636. The molecule has 170 valence electrons. The standard InChI is InChI=1S/C22H33N5O4/c23-20-16(2-1-6-24-20)13-25-21(30)22-5-3-18(26-8-10-31-11-9-26)12-17(22)4-7-27(15-22)19(29)14-28/h1-2,6,17-18,28H,3-5,7-15H2,(H2,23,24)(H,25,30)/t17-,18+,22-/m1/s1. The highest BCUT2D eigenvalue weighted by atomic mass is 16.5. The van der Waals surface area contributed by atoms with Crippen molar-refractivity contribution in [3.05, 3.63) is 23.9 Å². The highest BCUT2D eigenvalue weighted by molar-refractivity contribution is 5.85. The fraction of sp³-hybridized carbons (Fsp3) is 0.682. The SMILES string of the molecule is Nc1ncccc1CNC(=O)[C@@]12CC[C@H](N3CCOCC3)C[C@H]1CCN(C(=O)CO)C2. The van der Waals surface area contributed by atoms with Crippen LogP contribution >= 0.6 is 0 Å². The van der Waals surface area contributed by atoms with Gasteiger partial charge in [-0.3, -0.25) is 14.5 Å². The monoisotopic (exact) mass is 431 g/mol. The van der Waals surface area contributed by atoms with Gasteiger partial charge in [-0.05, 0) is 37.7 Å². The van der Waals surface area contributed by atoms with Crippen LogP contribution in [0.1, 0.15) is 31.2 Å². The minimum Gasteiger partial charge on any atom is -0.387 e. The van der Waals surface area contributed by atoms with Gasteiger partial charge < -0.3 is 25.8 Å².